The number of hydrogen-bond donors (Lipinski definition) is 0. The van der Waals surface area contributed by atoms with Crippen LogP contribution < -0.4 is 0 Å². The standard InChI is InChI=1S/C14H25NO2/c1-17-14(16)15(12-8-4-2-5-9-12)13-10-6-3-7-11-13/h12-13H,2-11H2,1H3. The summed E-state index contributed by atoms with van der Waals surface area (Å²) in [6.45, 7) is 0. The third kappa shape index (κ3) is 3.14. The predicted molar refractivity (Wildman–Crippen MR) is 68.0 cm³/mol. The SMILES string of the molecule is COC(=O)N(C1CCCCC1)C1CCCCC1. The average molecular weight is 239 g/mol. The van der Waals surface area contributed by atoms with Gasteiger partial charge in [0.05, 0.1) is 7.11 Å². The van der Waals surface area contributed by atoms with Crippen LogP contribution in [0.4, 0.5) is 4.79 Å². The van der Waals surface area contributed by atoms with Gasteiger partial charge in [0.1, 0.15) is 0 Å². The van der Waals surface area contributed by atoms with E-state index in [0.29, 0.717) is 12.1 Å². The van der Waals surface area contributed by atoms with E-state index in [1.807, 2.05) is 0 Å². The van der Waals surface area contributed by atoms with Gasteiger partial charge in [0, 0.05) is 12.1 Å². The van der Waals surface area contributed by atoms with Crippen LogP contribution in [0.5, 0.6) is 0 Å². The van der Waals surface area contributed by atoms with Gasteiger partial charge in [0.2, 0.25) is 0 Å². The molecule has 0 aliphatic heterocycles. The molecule has 0 N–H and O–H groups in total. The smallest absolute Gasteiger partial charge is 0.409 e. The van der Waals surface area contributed by atoms with Crippen LogP contribution in [0.1, 0.15) is 64.2 Å². The van der Waals surface area contributed by atoms with E-state index in [2.05, 4.69) is 4.90 Å². The van der Waals surface area contributed by atoms with Crippen LogP contribution >= 0.6 is 0 Å². The molecule has 2 rings (SSSR count). The zero-order valence-corrected chi connectivity index (χ0v) is 11.0. The second kappa shape index (κ2) is 6.27. The molecular formula is C14H25NO2. The Bertz CT molecular complexity index is 225. The lowest BCUT2D eigenvalue weighted by molar-refractivity contribution is 0.0579. The molecule has 2 aliphatic carbocycles. The van der Waals surface area contributed by atoms with Gasteiger partial charge in [-0.05, 0) is 25.7 Å². The maximum absolute atomic E-state index is 12.0. The van der Waals surface area contributed by atoms with Gasteiger partial charge in [-0.15, -0.1) is 0 Å². The van der Waals surface area contributed by atoms with Gasteiger partial charge in [-0.1, -0.05) is 38.5 Å². The summed E-state index contributed by atoms with van der Waals surface area (Å²) in [5, 5.41) is 0. The number of amides is 1. The Balaban J connectivity index is 2.02. The average Bonchev–Trinajstić information content (AvgIpc) is 2.41. The van der Waals surface area contributed by atoms with Crippen LogP contribution in [0.25, 0.3) is 0 Å². The first kappa shape index (κ1) is 12.7. The molecular weight excluding hydrogens is 214 g/mol. The third-order valence-electron chi connectivity index (χ3n) is 4.32. The van der Waals surface area contributed by atoms with Crippen molar-refractivity contribution in [2.24, 2.45) is 0 Å². The van der Waals surface area contributed by atoms with Gasteiger partial charge in [0.15, 0.2) is 0 Å². The number of carbonyl (C=O) groups is 1. The fraction of sp³-hybridized carbons (Fsp3) is 0.929. The van der Waals surface area contributed by atoms with Crippen LogP contribution in [-0.4, -0.2) is 30.2 Å². The summed E-state index contributed by atoms with van der Waals surface area (Å²) in [7, 11) is 1.51. The van der Waals surface area contributed by atoms with Gasteiger partial charge < -0.3 is 9.64 Å². The van der Waals surface area contributed by atoms with Gasteiger partial charge in [0.25, 0.3) is 0 Å². The lowest BCUT2D eigenvalue weighted by atomic mass is 9.89. The maximum Gasteiger partial charge on any atom is 0.409 e. The summed E-state index contributed by atoms with van der Waals surface area (Å²) in [5.41, 5.74) is 0. The summed E-state index contributed by atoms with van der Waals surface area (Å²) in [5.74, 6) is 0. The molecule has 1 amide bonds. The largest absolute Gasteiger partial charge is 0.453 e. The minimum absolute atomic E-state index is 0.0937. The highest BCUT2D eigenvalue weighted by Gasteiger charge is 2.32. The number of rotatable bonds is 2. The van der Waals surface area contributed by atoms with Gasteiger partial charge in [-0.2, -0.15) is 0 Å². The second-order valence-corrected chi connectivity index (χ2v) is 5.46. The Hall–Kier alpha value is -0.730. The van der Waals surface area contributed by atoms with E-state index in [4.69, 9.17) is 4.74 Å². The maximum atomic E-state index is 12.0. The lowest BCUT2D eigenvalue weighted by Gasteiger charge is -2.40. The molecule has 2 aliphatic rings. The molecule has 3 nitrogen and oxygen atoms in total. The Morgan fingerprint density at radius 1 is 0.882 bits per heavy atom. The zero-order chi connectivity index (χ0) is 12.1. The summed E-state index contributed by atoms with van der Waals surface area (Å²) >= 11 is 0. The van der Waals surface area contributed by atoms with E-state index in [-0.39, 0.29) is 6.09 Å². The third-order valence-corrected chi connectivity index (χ3v) is 4.32. The van der Waals surface area contributed by atoms with E-state index < -0.39 is 0 Å². The summed E-state index contributed by atoms with van der Waals surface area (Å²) < 4.78 is 5.01. The first-order chi connectivity index (χ1) is 8.33. The van der Waals surface area contributed by atoms with E-state index in [9.17, 15) is 4.79 Å². The van der Waals surface area contributed by atoms with E-state index in [0.717, 1.165) is 0 Å². The van der Waals surface area contributed by atoms with E-state index in [1.54, 1.807) is 0 Å². The summed E-state index contributed by atoms with van der Waals surface area (Å²) in [6.07, 6.45) is 12.3. The van der Waals surface area contributed by atoms with Crippen LogP contribution in [0.2, 0.25) is 0 Å². The summed E-state index contributed by atoms with van der Waals surface area (Å²) in [4.78, 5) is 14.1. The molecule has 17 heavy (non-hydrogen) atoms. The normalized spacial score (nSPS) is 23.4. The Morgan fingerprint density at radius 2 is 1.29 bits per heavy atom. The number of ether oxygens (including phenoxy) is 1. The van der Waals surface area contributed by atoms with Crippen molar-refractivity contribution in [2.75, 3.05) is 7.11 Å². The molecule has 0 radical (unpaired) electrons. The molecule has 0 saturated heterocycles. The Labute approximate surface area is 105 Å². The zero-order valence-electron chi connectivity index (χ0n) is 11.0. The Morgan fingerprint density at radius 3 is 1.65 bits per heavy atom. The highest BCUT2D eigenvalue weighted by molar-refractivity contribution is 5.68. The van der Waals surface area contributed by atoms with Crippen molar-refractivity contribution in [3.05, 3.63) is 0 Å². The van der Waals surface area contributed by atoms with Crippen LogP contribution in [0, 0.1) is 0 Å². The number of methoxy groups -OCH3 is 1. The van der Waals surface area contributed by atoms with Crippen molar-refractivity contribution < 1.29 is 9.53 Å². The predicted octanol–water partition coefficient (Wildman–Crippen LogP) is 3.72. The number of nitrogens with zero attached hydrogens (tertiary/aromatic N) is 1. The van der Waals surface area contributed by atoms with Crippen molar-refractivity contribution >= 4 is 6.09 Å². The topological polar surface area (TPSA) is 29.5 Å². The number of carbonyl (C=O) groups excluding carboxylic acids is 1. The molecule has 3 heteroatoms. The van der Waals surface area contributed by atoms with Gasteiger partial charge >= 0.3 is 6.09 Å². The lowest BCUT2D eigenvalue weighted by Crippen LogP contribution is -2.48. The fourth-order valence-corrected chi connectivity index (χ4v) is 3.42. The molecule has 0 aromatic rings. The first-order valence-electron chi connectivity index (χ1n) is 7.19. The van der Waals surface area contributed by atoms with Crippen molar-refractivity contribution in [3.8, 4) is 0 Å². The van der Waals surface area contributed by atoms with E-state index >= 15 is 0 Å². The van der Waals surface area contributed by atoms with Gasteiger partial charge in [-0.25, -0.2) is 4.79 Å². The highest BCUT2D eigenvalue weighted by Crippen LogP contribution is 2.30. The molecule has 0 atom stereocenters. The minimum Gasteiger partial charge on any atom is -0.453 e. The molecule has 0 aromatic carbocycles. The molecule has 2 fully saturated rings. The Kier molecular flexibility index (Phi) is 4.69. The van der Waals surface area contributed by atoms with Crippen LogP contribution in [0.3, 0.4) is 0 Å². The quantitative estimate of drug-likeness (QED) is 0.735. The molecule has 0 bridgehead atoms. The highest BCUT2D eigenvalue weighted by atomic mass is 16.5. The molecule has 0 aromatic heterocycles. The molecule has 98 valence electrons. The van der Waals surface area contributed by atoms with Crippen LogP contribution in [-0.2, 0) is 4.74 Å². The van der Waals surface area contributed by atoms with Gasteiger partial charge in [-0.3, -0.25) is 0 Å². The minimum atomic E-state index is -0.0937. The summed E-state index contributed by atoms with van der Waals surface area (Å²) in [6, 6.07) is 0.888. The van der Waals surface area contributed by atoms with Crippen molar-refractivity contribution in [2.45, 2.75) is 76.3 Å². The molecule has 0 heterocycles. The number of hydrogen-bond acceptors (Lipinski definition) is 2. The molecule has 2 saturated carbocycles. The molecule has 0 unspecified atom stereocenters. The van der Waals surface area contributed by atoms with E-state index in [1.165, 1.54) is 71.3 Å². The second-order valence-electron chi connectivity index (χ2n) is 5.46. The van der Waals surface area contributed by atoms with Crippen molar-refractivity contribution in [1.82, 2.24) is 4.90 Å². The monoisotopic (exact) mass is 239 g/mol. The van der Waals surface area contributed by atoms with Crippen LogP contribution in [0.15, 0.2) is 0 Å². The fourth-order valence-electron chi connectivity index (χ4n) is 3.42. The molecule has 0 spiro atoms. The van der Waals surface area contributed by atoms with Crippen molar-refractivity contribution in [3.63, 3.8) is 0 Å². The first-order valence-corrected chi connectivity index (χ1v) is 7.19. The van der Waals surface area contributed by atoms with Crippen molar-refractivity contribution in [1.29, 1.82) is 0 Å².